The smallest absolute Gasteiger partial charge is 0.362 e. The predicted octanol–water partition coefficient (Wildman–Crippen LogP) is 4.69. The SMILES string of the molecule is CCCCCC(OC(=O)C[N+](C)(C)CCOC(C)=O)C(O)C/C=C\CCCCCCCC(=O)NCCCCCCCCCCNC(=O)CCCCCCC/C=C\CC(O)C(CCCCC)OC(=O)C[N+](C)(C)CCOC(C)=O.[Cl-].[Cl-]. The normalized spacial score (nSPS) is 13.2. The highest BCUT2D eigenvalue weighted by Gasteiger charge is 2.29. The van der Waals surface area contributed by atoms with Crippen LogP contribution in [0.2, 0.25) is 0 Å². The zero-order chi connectivity index (χ0) is 58.1. The summed E-state index contributed by atoms with van der Waals surface area (Å²) in [4.78, 5) is 72.4. The van der Waals surface area contributed by atoms with E-state index in [0.29, 0.717) is 60.6 Å². The molecular weight excluding hydrogens is 1060 g/mol. The third kappa shape index (κ3) is 52.8. The van der Waals surface area contributed by atoms with E-state index in [4.69, 9.17) is 18.9 Å². The molecule has 0 aromatic rings. The van der Waals surface area contributed by atoms with E-state index in [2.05, 4.69) is 36.6 Å². The van der Waals surface area contributed by atoms with Crippen LogP contribution in [0.5, 0.6) is 0 Å². The van der Waals surface area contributed by atoms with Crippen LogP contribution in [0.25, 0.3) is 0 Å². The first-order valence-corrected chi connectivity index (χ1v) is 30.8. The molecule has 4 unspecified atom stereocenters. The minimum atomic E-state index is -0.759. The fourth-order valence-corrected chi connectivity index (χ4v) is 9.10. The number of allylic oxidation sites excluding steroid dienone is 2. The first-order chi connectivity index (χ1) is 37.3. The first kappa shape index (κ1) is 80.9. The zero-order valence-corrected chi connectivity index (χ0v) is 53.0. The Morgan fingerprint density at radius 3 is 1.11 bits per heavy atom. The second-order valence-electron chi connectivity index (χ2n) is 23.1. The maximum atomic E-state index is 12.8. The number of unbranched alkanes of at least 4 members (excludes halogenated alkanes) is 21. The number of amides is 2. The maximum absolute atomic E-state index is 12.8. The largest absolute Gasteiger partial charge is 1.00 e. The molecule has 0 aliphatic heterocycles. The molecule has 0 radical (unpaired) electrons. The monoisotopic (exact) mass is 1180 g/mol. The van der Waals surface area contributed by atoms with E-state index in [-0.39, 0.29) is 86.8 Å². The van der Waals surface area contributed by atoms with Crippen LogP contribution < -0.4 is 35.4 Å². The quantitative estimate of drug-likeness (QED) is 0.0216. The maximum Gasteiger partial charge on any atom is 0.362 e. The minimum absolute atomic E-state index is 0. The van der Waals surface area contributed by atoms with Crippen LogP contribution in [-0.4, -0.2) is 160 Å². The van der Waals surface area contributed by atoms with Crippen LogP contribution >= 0.6 is 0 Å². The Labute approximate surface area is 498 Å². The van der Waals surface area contributed by atoms with Crippen molar-refractivity contribution in [2.75, 3.05) is 80.7 Å². The van der Waals surface area contributed by atoms with Crippen LogP contribution in [0, 0.1) is 0 Å². The van der Waals surface area contributed by atoms with Crippen molar-refractivity contribution < 1.29 is 91.7 Å². The lowest BCUT2D eigenvalue weighted by Crippen LogP contribution is -3.00. The standard InChI is InChI=1S/C62H114N4O12.2ClH/c1-9-11-31-41-57(77-61(73)51-65(5,6)47-49-75-53(3)67)55(69)39-33-25-19-13-15-21-27-35-43-59(71)63-45-37-29-23-17-18-24-30-38-46-64-60(72)44-36-28-22-16-14-20-26-34-40-56(70)58(42-32-12-10-2)78-62(74)52-66(7,8)48-50-76-54(4)68;;/h25-26,33-34,55-58,69-70H,9-24,27-32,35-52H2,1-8H3;2*1H/b33-25-,34-26-;;. The number of aliphatic hydroxyl groups is 2. The van der Waals surface area contributed by atoms with Gasteiger partial charge in [-0.3, -0.25) is 19.2 Å². The van der Waals surface area contributed by atoms with Crippen LogP contribution in [0.4, 0.5) is 0 Å². The van der Waals surface area contributed by atoms with Crippen molar-refractivity contribution in [1.29, 1.82) is 0 Å². The fourth-order valence-electron chi connectivity index (χ4n) is 9.10. The van der Waals surface area contributed by atoms with Gasteiger partial charge in [-0.25, -0.2) is 9.59 Å². The van der Waals surface area contributed by atoms with E-state index in [9.17, 15) is 39.0 Å². The zero-order valence-electron chi connectivity index (χ0n) is 51.5. The number of nitrogens with one attached hydrogen (secondary N) is 2. The Hall–Kier alpha value is -3.28. The number of halogens is 2. The molecule has 0 heterocycles. The number of quaternary nitrogens is 2. The van der Waals surface area contributed by atoms with Gasteiger partial charge in [-0.05, 0) is 89.9 Å². The predicted molar refractivity (Wildman–Crippen MR) is 312 cm³/mol. The molecule has 0 spiro atoms. The Morgan fingerprint density at radius 1 is 0.450 bits per heavy atom. The number of hydrogen-bond donors (Lipinski definition) is 4. The summed E-state index contributed by atoms with van der Waals surface area (Å²) in [6, 6.07) is 0. The van der Waals surface area contributed by atoms with Gasteiger partial charge in [0.1, 0.15) is 38.5 Å². The van der Waals surface area contributed by atoms with Crippen LogP contribution in [0.3, 0.4) is 0 Å². The van der Waals surface area contributed by atoms with Gasteiger partial charge in [0.15, 0.2) is 13.1 Å². The second-order valence-corrected chi connectivity index (χ2v) is 23.1. The third-order valence-corrected chi connectivity index (χ3v) is 14.1. The number of rotatable bonds is 53. The lowest BCUT2D eigenvalue weighted by atomic mass is 10.0. The summed E-state index contributed by atoms with van der Waals surface area (Å²) < 4.78 is 22.3. The summed E-state index contributed by atoms with van der Waals surface area (Å²) in [5.74, 6) is -1.11. The van der Waals surface area contributed by atoms with Crippen molar-refractivity contribution in [3.63, 3.8) is 0 Å². The molecule has 4 atom stereocenters. The van der Waals surface area contributed by atoms with E-state index in [1.165, 1.54) is 39.5 Å². The van der Waals surface area contributed by atoms with E-state index >= 15 is 0 Å². The molecule has 0 bridgehead atoms. The summed E-state index contributed by atoms with van der Waals surface area (Å²) in [6.45, 7) is 10.2. The summed E-state index contributed by atoms with van der Waals surface area (Å²) in [5, 5.41) is 28.0. The molecule has 0 aromatic carbocycles. The van der Waals surface area contributed by atoms with Crippen LogP contribution in [0.15, 0.2) is 24.3 Å². The number of carbonyl (C=O) groups is 6. The second kappa shape index (κ2) is 53.7. The van der Waals surface area contributed by atoms with Crippen molar-refractivity contribution in [2.24, 2.45) is 0 Å². The van der Waals surface area contributed by atoms with Gasteiger partial charge in [0.2, 0.25) is 11.8 Å². The van der Waals surface area contributed by atoms with Crippen LogP contribution in [-0.2, 0) is 47.7 Å². The van der Waals surface area contributed by atoms with Gasteiger partial charge < -0.3 is 73.6 Å². The molecule has 0 saturated carbocycles. The number of nitrogens with zero attached hydrogens (tertiary/aromatic N) is 2. The summed E-state index contributed by atoms with van der Waals surface area (Å²) in [5.41, 5.74) is 0. The number of esters is 4. The van der Waals surface area contributed by atoms with Crippen molar-refractivity contribution in [3.8, 4) is 0 Å². The molecule has 2 amide bonds. The Balaban J connectivity index is -0.0000296. The molecule has 0 aromatic heterocycles. The van der Waals surface area contributed by atoms with Gasteiger partial charge in [-0.15, -0.1) is 0 Å². The van der Waals surface area contributed by atoms with Gasteiger partial charge in [-0.1, -0.05) is 141 Å². The number of carbonyl (C=O) groups excluding carboxylic acids is 6. The van der Waals surface area contributed by atoms with Gasteiger partial charge >= 0.3 is 23.9 Å². The summed E-state index contributed by atoms with van der Waals surface area (Å²) in [7, 11) is 7.56. The van der Waals surface area contributed by atoms with E-state index in [1.807, 2.05) is 40.3 Å². The van der Waals surface area contributed by atoms with E-state index in [0.717, 1.165) is 154 Å². The number of hydrogen-bond acceptors (Lipinski definition) is 12. The number of ether oxygens (including phenoxy) is 4. The molecule has 80 heavy (non-hydrogen) atoms. The van der Waals surface area contributed by atoms with Gasteiger partial charge in [0.25, 0.3) is 0 Å². The summed E-state index contributed by atoms with van der Waals surface area (Å²) >= 11 is 0. The molecule has 0 fully saturated rings. The molecule has 18 heteroatoms. The number of likely N-dealkylation sites (N-methyl/N-ethyl adjacent to an activating group) is 2. The number of aliphatic hydroxyl groups excluding tert-OH is 2. The Bertz CT molecular complexity index is 1520. The van der Waals surface area contributed by atoms with Gasteiger partial charge in [0.05, 0.1) is 40.4 Å². The summed E-state index contributed by atoms with van der Waals surface area (Å²) in [6.07, 6.45) is 36.0. The Morgan fingerprint density at radius 2 is 0.775 bits per heavy atom. The van der Waals surface area contributed by atoms with Gasteiger partial charge in [-0.2, -0.15) is 0 Å². The molecule has 0 rings (SSSR count). The molecule has 0 aliphatic carbocycles. The Kier molecular flexibility index (Phi) is 54.3. The van der Waals surface area contributed by atoms with E-state index in [1.54, 1.807) is 0 Å². The minimum Gasteiger partial charge on any atom is -1.00 e. The third-order valence-electron chi connectivity index (χ3n) is 14.1. The lowest BCUT2D eigenvalue weighted by Gasteiger charge is -2.30. The van der Waals surface area contributed by atoms with Crippen LogP contribution in [0.1, 0.15) is 233 Å². The highest BCUT2D eigenvalue weighted by atomic mass is 35.5. The molecule has 470 valence electrons. The molecule has 0 saturated heterocycles. The molecule has 0 aliphatic rings. The van der Waals surface area contributed by atoms with Crippen molar-refractivity contribution in [1.82, 2.24) is 10.6 Å². The molecular formula is C62H116Cl2N4O12. The first-order valence-electron chi connectivity index (χ1n) is 30.8. The van der Waals surface area contributed by atoms with E-state index < -0.39 is 24.4 Å². The van der Waals surface area contributed by atoms with Gasteiger partial charge in [0, 0.05) is 39.8 Å². The van der Waals surface area contributed by atoms with Crippen molar-refractivity contribution >= 4 is 35.7 Å². The topological polar surface area (TPSA) is 204 Å². The highest BCUT2D eigenvalue weighted by molar-refractivity contribution is 5.76. The average molecular weight is 1180 g/mol. The lowest BCUT2D eigenvalue weighted by molar-refractivity contribution is -0.883. The highest BCUT2D eigenvalue weighted by Crippen LogP contribution is 2.18. The van der Waals surface area contributed by atoms with Crippen molar-refractivity contribution in [3.05, 3.63) is 24.3 Å². The average Bonchev–Trinajstić information content (AvgIpc) is 3.36. The fraction of sp³-hybridized carbons (Fsp3) is 0.839. The van der Waals surface area contributed by atoms with Crippen molar-refractivity contribution in [2.45, 2.75) is 258 Å². The molecule has 16 nitrogen and oxygen atoms in total. The molecule has 4 N–H and O–H groups in total.